The number of ether oxygens (including phenoxy) is 2. The number of aryl methyl sites for hydroxylation is 1. The second-order valence-corrected chi connectivity index (χ2v) is 8.50. The molecule has 1 aromatic heterocycles. The summed E-state index contributed by atoms with van der Waals surface area (Å²) in [6.45, 7) is 1.33. The lowest BCUT2D eigenvalue weighted by Gasteiger charge is -2.13. The predicted octanol–water partition coefficient (Wildman–Crippen LogP) is 5.38. The molecule has 2 heterocycles. The number of rotatable bonds is 8. The minimum atomic E-state index is -0.164. The molecule has 4 aromatic rings. The number of amides is 1. The zero-order valence-electron chi connectivity index (χ0n) is 19.3. The summed E-state index contributed by atoms with van der Waals surface area (Å²) in [5, 5.41) is 4.54. The fraction of sp³-hybridized carbons (Fsp3) is 0.143. The van der Waals surface area contributed by atoms with Gasteiger partial charge in [0, 0.05) is 29.2 Å². The summed E-state index contributed by atoms with van der Waals surface area (Å²) in [6.07, 6.45) is 4.77. The number of carbonyl (C=O) groups excluding carboxylic acids is 1. The summed E-state index contributed by atoms with van der Waals surface area (Å²) in [4.78, 5) is 14.7. The molecular weight excluding hydrogens is 458 g/mol. The summed E-state index contributed by atoms with van der Waals surface area (Å²) < 4.78 is 13.5. The van der Waals surface area contributed by atoms with E-state index in [1.165, 1.54) is 4.90 Å². The number of nitrogens with zero attached hydrogens (tertiary/aromatic N) is 2. The number of benzene rings is 3. The summed E-state index contributed by atoms with van der Waals surface area (Å²) in [5.74, 6) is 1.30. The van der Waals surface area contributed by atoms with Crippen LogP contribution in [0.1, 0.15) is 12.0 Å². The average Bonchev–Trinajstić information content (AvgIpc) is 3.38. The first-order chi connectivity index (χ1) is 17.2. The third-order valence-electron chi connectivity index (χ3n) is 5.88. The lowest BCUT2D eigenvalue weighted by molar-refractivity contribution is -0.113. The molecule has 0 atom stereocenters. The Morgan fingerprint density at radius 2 is 1.66 bits per heavy atom. The number of nitrogens with one attached hydrogen (secondary N) is 1. The molecular formula is C28H25N3O3S. The van der Waals surface area contributed by atoms with E-state index in [9.17, 15) is 4.79 Å². The fourth-order valence-electron chi connectivity index (χ4n) is 4.23. The average molecular weight is 484 g/mol. The zero-order valence-corrected chi connectivity index (χ0v) is 20.1. The van der Waals surface area contributed by atoms with Crippen molar-refractivity contribution in [2.45, 2.75) is 13.0 Å². The smallest absolute Gasteiger partial charge is 0.281 e. The van der Waals surface area contributed by atoms with E-state index in [0.29, 0.717) is 17.4 Å². The van der Waals surface area contributed by atoms with Gasteiger partial charge in [-0.3, -0.25) is 9.69 Å². The molecule has 0 aliphatic carbocycles. The molecule has 35 heavy (non-hydrogen) atoms. The molecule has 1 amide bonds. The van der Waals surface area contributed by atoms with E-state index in [2.05, 4.69) is 28.2 Å². The number of anilines is 1. The van der Waals surface area contributed by atoms with E-state index in [4.69, 9.17) is 21.7 Å². The van der Waals surface area contributed by atoms with E-state index >= 15 is 0 Å². The van der Waals surface area contributed by atoms with Crippen molar-refractivity contribution in [1.82, 2.24) is 9.88 Å². The van der Waals surface area contributed by atoms with E-state index in [0.717, 1.165) is 46.6 Å². The molecule has 1 aliphatic rings. The highest BCUT2D eigenvalue weighted by molar-refractivity contribution is 7.80. The lowest BCUT2D eigenvalue weighted by Crippen LogP contribution is -2.30. The highest BCUT2D eigenvalue weighted by Gasteiger charge is 2.32. The number of thiocarbonyl (C=S) groups is 1. The SMILES string of the molecule is COc1ccccc1OCCCn1cc(/C=C2\NC(=S)N(c3ccccc3)C2=O)c2ccccc21. The number of carbonyl (C=O) groups is 1. The van der Waals surface area contributed by atoms with Gasteiger partial charge in [-0.05, 0) is 55.0 Å². The van der Waals surface area contributed by atoms with Gasteiger partial charge in [0.1, 0.15) is 5.70 Å². The normalized spacial score (nSPS) is 14.5. The summed E-state index contributed by atoms with van der Waals surface area (Å²) in [6, 6.07) is 25.2. The first-order valence-corrected chi connectivity index (χ1v) is 11.8. The number of methoxy groups -OCH3 is 1. The minimum Gasteiger partial charge on any atom is -0.493 e. The maximum atomic E-state index is 13.1. The fourth-order valence-corrected chi connectivity index (χ4v) is 4.53. The van der Waals surface area contributed by atoms with Crippen LogP contribution in [0.4, 0.5) is 5.69 Å². The second kappa shape index (κ2) is 10.0. The Balaban J connectivity index is 1.34. The highest BCUT2D eigenvalue weighted by Crippen LogP contribution is 2.28. The Morgan fingerprint density at radius 3 is 2.46 bits per heavy atom. The molecule has 0 radical (unpaired) electrons. The molecule has 0 unspecified atom stereocenters. The topological polar surface area (TPSA) is 55.7 Å². The van der Waals surface area contributed by atoms with Crippen LogP contribution in [-0.4, -0.2) is 29.3 Å². The third-order valence-corrected chi connectivity index (χ3v) is 6.17. The van der Waals surface area contributed by atoms with Gasteiger partial charge in [-0.15, -0.1) is 0 Å². The summed E-state index contributed by atoms with van der Waals surface area (Å²) in [5.41, 5.74) is 3.27. The van der Waals surface area contributed by atoms with Crippen molar-refractivity contribution in [2.24, 2.45) is 0 Å². The van der Waals surface area contributed by atoms with Crippen LogP contribution in [-0.2, 0) is 11.3 Å². The molecule has 1 fully saturated rings. The van der Waals surface area contributed by atoms with Gasteiger partial charge in [0.2, 0.25) is 0 Å². The van der Waals surface area contributed by atoms with Gasteiger partial charge in [-0.2, -0.15) is 0 Å². The summed E-state index contributed by atoms with van der Waals surface area (Å²) in [7, 11) is 1.64. The Kier molecular flexibility index (Phi) is 6.50. The molecule has 176 valence electrons. The second-order valence-electron chi connectivity index (χ2n) is 8.11. The minimum absolute atomic E-state index is 0.164. The zero-order chi connectivity index (χ0) is 24.2. The van der Waals surface area contributed by atoms with Crippen molar-refractivity contribution in [1.29, 1.82) is 0 Å². The highest BCUT2D eigenvalue weighted by atomic mass is 32.1. The van der Waals surface area contributed by atoms with Gasteiger partial charge in [0.05, 0.1) is 19.4 Å². The number of hydrogen-bond donors (Lipinski definition) is 1. The molecule has 7 heteroatoms. The van der Waals surface area contributed by atoms with E-state index in [-0.39, 0.29) is 5.91 Å². The molecule has 0 bridgehead atoms. The molecule has 0 spiro atoms. The molecule has 5 rings (SSSR count). The van der Waals surface area contributed by atoms with Crippen molar-refractivity contribution in [2.75, 3.05) is 18.6 Å². The lowest BCUT2D eigenvalue weighted by atomic mass is 10.1. The largest absolute Gasteiger partial charge is 0.493 e. The van der Waals surface area contributed by atoms with Crippen molar-refractivity contribution >= 4 is 45.9 Å². The molecule has 1 saturated heterocycles. The Labute approximate surface area is 209 Å². The van der Waals surface area contributed by atoms with Gasteiger partial charge in [-0.25, -0.2) is 0 Å². The third kappa shape index (κ3) is 4.63. The van der Waals surface area contributed by atoms with Gasteiger partial charge in [-0.1, -0.05) is 48.5 Å². The van der Waals surface area contributed by atoms with Gasteiger partial charge in [0.25, 0.3) is 5.91 Å². The van der Waals surface area contributed by atoms with Crippen molar-refractivity contribution < 1.29 is 14.3 Å². The molecule has 3 aromatic carbocycles. The van der Waals surface area contributed by atoms with E-state index in [1.807, 2.05) is 72.8 Å². The number of fused-ring (bicyclic) bond motifs is 1. The maximum Gasteiger partial charge on any atom is 0.281 e. The molecule has 6 nitrogen and oxygen atoms in total. The standard InChI is InChI=1S/C28H25N3O3S/c1-33-25-14-7-8-15-26(25)34-17-9-16-30-19-20(22-12-5-6-13-24(22)30)18-23-27(32)31(28(35)29-23)21-10-3-2-4-11-21/h2-8,10-15,18-19H,9,16-17H2,1H3,(H,29,35)/b23-18-. The van der Waals surface area contributed by atoms with Gasteiger partial charge < -0.3 is 19.4 Å². The van der Waals surface area contributed by atoms with Crippen LogP contribution in [0, 0.1) is 0 Å². The van der Waals surface area contributed by atoms with Crippen LogP contribution < -0.4 is 19.7 Å². The van der Waals surface area contributed by atoms with Crippen LogP contribution in [0.15, 0.2) is 90.8 Å². The van der Waals surface area contributed by atoms with Crippen molar-refractivity contribution in [3.8, 4) is 11.5 Å². The van der Waals surface area contributed by atoms with Gasteiger partial charge >= 0.3 is 0 Å². The quantitative estimate of drug-likeness (QED) is 0.207. The van der Waals surface area contributed by atoms with Crippen LogP contribution in [0.3, 0.4) is 0 Å². The molecule has 1 N–H and O–H groups in total. The van der Waals surface area contributed by atoms with Crippen LogP contribution in [0.25, 0.3) is 17.0 Å². The van der Waals surface area contributed by atoms with Crippen molar-refractivity contribution in [3.63, 3.8) is 0 Å². The number of para-hydroxylation sites is 4. The van der Waals surface area contributed by atoms with Crippen LogP contribution in [0.5, 0.6) is 11.5 Å². The van der Waals surface area contributed by atoms with E-state index < -0.39 is 0 Å². The maximum absolute atomic E-state index is 13.1. The predicted molar refractivity (Wildman–Crippen MR) is 143 cm³/mol. The molecule has 0 saturated carbocycles. The number of hydrogen-bond acceptors (Lipinski definition) is 4. The van der Waals surface area contributed by atoms with Gasteiger partial charge in [0.15, 0.2) is 16.6 Å². The number of aromatic nitrogens is 1. The Morgan fingerprint density at radius 1 is 0.943 bits per heavy atom. The van der Waals surface area contributed by atoms with E-state index in [1.54, 1.807) is 7.11 Å². The Bertz CT molecular complexity index is 1410. The van der Waals surface area contributed by atoms with Crippen LogP contribution >= 0.6 is 12.2 Å². The first kappa shape index (κ1) is 22.7. The molecule has 1 aliphatic heterocycles. The monoisotopic (exact) mass is 483 g/mol. The first-order valence-electron chi connectivity index (χ1n) is 11.4. The van der Waals surface area contributed by atoms with Crippen LogP contribution in [0.2, 0.25) is 0 Å². The summed E-state index contributed by atoms with van der Waals surface area (Å²) >= 11 is 5.45. The Hall–Kier alpha value is -4.10. The van der Waals surface area contributed by atoms with Crippen molar-refractivity contribution in [3.05, 3.63) is 96.3 Å².